The number of rotatable bonds is 1. The Morgan fingerprint density at radius 2 is 1.37 bits per heavy atom. The van der Waals surface area contributed by atoms with Gasteiger partial charge in [-0.1, -0.05) is 14.0 Å². The van der Waals surface area contributed by atoms with E-state index < -0.39 is 30.0 Å². The molecule has 0 aromatic carbocycles. The molecular weight excluding hydrogens is 519 g/mol. The number of aromatic nitrogens is 3. The monoisotopic (exact) mass is 550 g/mol. The molecule has 0 spiro atoms. The molecule has 0 atom stereocenters. The van der Waals surface area contributed by atoms with Crippen LogP contribution in [0.5, 0.6) is 0 Å². The van der Waals surface area contributed by atoms with E-state index in [1.54, 1.807) is 7.05 Å². The molecule has 38 heavy (non-hydrogen) atoms. The molecule has 1 aliphatic carbocycles. The van der Waals surface area contributed by atoms with Crippen LogP contribution in [0.25, 0.3) is 0 Å². The van der Waals surface area contributed by atoms with Gasteiger partial charge in [-0.15, -0.1) is 0 Å². The fourth-order valence-electron chi connectivity index (χ4n) is 3.78. The number of allylic oxidation sites excluding steroid dienone is 1. The highest BCUT2D eigenvalue weighted by atomic mass is 19.4. The van der Waals surface area contributed by atoms with Crippen molar-refractivity contribution >= 4 is 17.7 Å². The zero-order valence-electron chi connectivity index (χ0n) is 20.9. The first-order chi connectivity index (χ1) is 17.0. The summed E-state index contributed by atoms with van der Waals surface area (Å²) in [5, 5.41) is 3.52. The van der Waals surface area contributed by atoms with Gasteiger partial charge in [-0.25, -0.2) is 14.0 Å². The number of hydrogen-bond donors (Lipinski definition) is 0. The van der Waals surface area contributed by atoms with E-state index in [4.69, 9.17) is 0 Å². The highest BCUT2D eigenvalue weighted by molar-refractivity contribution is 6.19. The maximum absolute atomic E-state index is 12.3. The van der Waals surface area contributed by atoms with Gasteiger partial charge in [0, 0.05) is 45.4 Å². The Hall–Kier alpha value is -3.78. The van der Waals surface area contributed by atoms with Crippen molar-refractivity contribution in [1.29, 1.82) is 0 Å². The first-order valence-corrected chi connectivity index (χ1v) is 10.9. The minimum Gasteiger partial charge on any atom is -0.327 e. The molecule has 4 rings (SSSR count). The van der Waals surface area contributed by atoms with Crippen molar-refractivity contribution in [3.05, 3.63) is 51.6 Å². The summed E-state index contributed by atoms with van der Waals surface area (Å²) in [5.74, 6) is -0.845. The average molecular weight is 551 g/mol. The molecule has 0 unspecified atom stereocenters. The fraction of sp³-hybridized carbons (Fsp3) is 0.522. The molecule has 10 nitrogen and oxygen atoms in total. The number of imide groups is 1. The van der Waals surface area contributed by atoms with E-state index in [9.17, 15) is 41.1 Å². The summed E-state index contributed by atoms with van der Waals surface area (Å²) in [6.45, 7) is 1.93. The van der Waals surface area contributed by atoms with Crippen LogP contribution in [0.15, 0.2) is 40.1 Å². The Kier molecular flexibility index (Phi) is 10.3. The smallest absolute Gasteiger partial charge is 0.327 e. The molecule has 3 amide bonds. The minimum absolute atomic E-state index is 0. The topological polar surface area (TPSA) is 101 Å². The van der Waals surface area contributed by atoms with E-state index in [0.29, 0.717) is 10.6 Å². The number of alkyl halides is 5. The number of aryl methyl sites for hydroxylation is 2. The standard InChI is InChI=1S/C9H11NO2.C8H9F3N2O.C5H7F2N3O.CH4/c1-10-8(11)6-4-2-3-5-7(6)9(10)12;1-5-12(2)6(8(9,10)11)4-7(14)13(5)3;1-3-8-9(2)5(11)10(3)4(6)7;/h2-5H2,1H3;4H,1H2,2-3H3;4H,1-2H3;1H4. The van der Waals surface area contributed by atoms with Gasteiger partial charge in [0.05, 0.1) is 0 Å². The van der Waals surface area contributed by atoms with Crippen LogP contribution < -0.4 is 5.69 Å². The van der Waals surface area contributed by atoms with E-state index >= 15 is 0 Å². The first-order valence-electron chi connectivity index (χ1n) is 10.9. The van der Waals surface area contributed by atoms with Crippen LogP contribution in [0, 0.1) is 6.92 Å². The van der Waals surface area contributed by atoms with Crippen LogP contribution in [-0.4, -0.2) is 74.1 Å². The summed E-state index contributed by atoms with van der Waals surface area (Å²) in [4.78, 5) is 47.8. The van der Waals surface area contributed by atoms with Crippen molar-refractivity contribution in [1.82, 2.24) is 29.0 Å². The third kappa shape index (κ3) is 6.55. The largest absolute Gasteiger partial charge is 0.431 e. The number of hydrogen-bond acceptors (Lipinski definition) is 6. The lowest BCUT2D eigenvalue weighted by Crippen LogP contribution is -2.41. The Bertz CT molecular complexity index is 1200. The predicted octanol–water partition coefficient (Wildman–Crippen LogP) is 3.08. The maximum atomic E-state index is 12.3. The zero-order chi connectivity index (χ0) is 28.4. The molecule has 0 fully saturated rings. The maximum Gasteiger partial charge on any atom is 0.431 e. The van der Waals surface area contributed by atoms with Gasteiger partial charge >= 0.3 is 18.4 Å². The zero-order valence-corrected chi connectivity index (χ0v) is 20.9. The van der Waals surface area contributed by atoms with E-state index in [1.165, 1.54) is 33.0 Å². The van der Waals surface area contributed by atoms with Crippen LogP contribution >= 0.6 is 0 Å². The fourth-order valence-corrected chi connectivity index (χ4v) is 3.78. The summed E-state index contributed by atoms with van der Waals surface area (Å²) in [7, 11) is 5.46. The molecule has 0 radical (unpaired) electrons. The van der Waals surface area contributed by atoms with Crippen molar-refractivity contribution in [3.8, 4) is 0 Å². The quantitative estimate of drug-likeness (QED) is 0.394. The van der Waals surface area contributed by atoms with E-state index in [-0.39, 0.29) is 30.9 Å². The molecule has 0 bridgehead atoms. The first kappa shape index (κ1) is 32.2. The summed E-state index contributed by atoms with van der Waals surface area (Å²) < 4.78 is 62.3. The third-order valence-electron chi connectivity index (χ3n) is 5.93. The van der Waals surface area contributed by atoms with E-state index in [0.717, 1.165) is 51.3 Å². The van der Waals surface area contributed by atoms with Crippen molar-refractivity contribution in [2.24, 2.45) is 7.05 Å². The molecule has 0 saturated carbocycles. The minimum atomic E-state index is -4.53. The summed E-state index contributed by atoms with van der Waals surface area (Å²) in [6.07, 6.45) is -0.296. The molecule has 0 saturated heterocycles. The Balaban J connectivity index is 0.000000283. The summed E-state index contributed by atoms with van der Waals surface area (Å²) in [6, 6.07) is 0. The van der Waals surface area contributed by atoms with Crippen molar-refractivity contribution < 1.29 is 36.3 Å². The van der Waals surface area contributed by atoms with Crippen molar-refractivity contribution in [2.45, 2.75) is 52.8 Å². The predicted molar refractivity (Wildman–Crippen MR) is 127 cm³/mol. The van der Waals surface area contributed by atoms with Gasteiger partial charge in [-0.05, 0) is 32.6 Å². The van der Waals surface area contributed by atoms with Crippen LogP contribution in [0.2, 0.25) is 0 Å². The number of carbonyl (C=O) groups is 3. The van der Waals surface area contributed by atoms with Crippen LogP contribution in [0.1, 0.15) is 45.5 Å². The lowest BCUT2D eigenvalue weighted by molar-refractivity contribution is -0.136. The van der Waals surface area contributed by atoms with Gasteiger partial charge in [0.25, 0.3) is 17.7 Å². The Morgan fingerprint density at radius 3 is 1.71 bits per heavy atom. The highest BCUT2D eigenvalue weighted by Crippen LogP contribution is 2.33. The van der Waals surface area contributed by atoms with Gasteiger partial charge in [-0.2, -0.15) is 27.1 Å². The number of nitrogens with zero attached hydrogens (tertiary/aromatic N) is 6. The second-order valence-electron chi connectivity index (χ2n) is 8.33. The van der Waals surface area contributed by atoms with E-state index in [2.05, 4.69) is 11.7 Å². The molecule has 0 N–H and O–H groups in total. The molecule has 15 heteroatoms. The van der Waals surface area contributed by atoms with Gasteiger partial charge in [0.15, 0.2) is 0 Å². The Labute approximate surface area is 216 Å². The van der Waals surface area contributed by atoms with Crippen LogP contribution in [0.4, 0.5) is 22.0 Å². The van der Waals surface area contributed by atoms with Gasteiger partial charge in [-0.3, -0.25) is 24.2 Å². The molecule has 2 aliphatic heterocycles. The highest BCUT2D eigenvalue weighted by Gasteiger charge is 2.41. The lowest BCUT2D eigenvalue weighted by atomic mass is 9.93. The van der Waals surface area contributed by atoms with Crippen LogP contribution in [-0.2, 0) is 21.4 Å². The van der Waals surface area contributed by atoms with E-state index in [1.807, 2.05) is 0 Å². The molecule has 1 aromatic heterocycles. The molecule has 212 valence electrons. The Morgan fingerprint density at radius 1 is 0.895 bits per heavy atom. The molecular formula is C23H31F5N6O4. The van der Waals surface area contributed by atoms with Gasteiger partial charge < -0.3 is 4.90 Å². The number of halogens is 5. The summed E-state index contributed by atoms with van der Waals surface area (Å²) in [5.41, 5.74) is -0.245. The van der Waals surface area contributed by atoms with Crippen molar-refractivity contribution in [3.63, 3.8) is 0 Å². The second kappa shape index (κ2) is 12.2. The summed E-state index contributed by atoms with van der Waals surface area (Å²) >= 11 is 0. The molecule has 3 heterocycles. The second-order valence-corrected chi connectivity index (χ2v) is 8.33. The third-order valence-corrected chi connectivity index (χ3v) is 5.93. The number of carbonyl (C=O) groups excluding carboxylic acids is 3. The normalized spacial score (nSPS) is 17.6. The van der Waals surface area contributed by atoms with Gasteiger partial charge in [0.1, 0.15) is 17.3 Å². The molecule has 1 aromatic rings. The SMILES string of the molecule is C.C=C1N(C)C(=O)C=C(C(F)(F)F)N1C.CN1C(=O)C2=C(CCCC2)C1=O.Cc1nn(C)c(=O)n1C(F)F. The lowest BCUT2D eigenvalue weighted by Gasteiger charge is -2.34. The van der Waals surface area contributed by atoms with Crippen LogP contribution in [0.3, 0.4) is 0 Å². The number of likely N-dealkylation sites (N-methyl/N-ethyl adjacent to an activating group) is 2. The number of amides is 3. The molecule has 3 aliphatic rings. The van der Waals surface area contributed by atoms with Gasteiger partial charge in [0.2, 0.25) is 0 Å². The van der Waals surface area contributed by atoms with Crippen molar-refractivity contribution in [2.75, 3.05) is 21.1 Å². The average Bonchev–Trinajstić information content (AvgIpc) is 3.21.